The molecule has 1 N–H and O–H groups in total. The lowest BCUT2D eigenvalue weighted by Crippen LogP contribution is -2.52. The van der Waals surface area contributed by atoms with Gasteiger partial charge in [0, 0.05) is 38.4 Å². The van der Waals surface area contributed by atoms with E-state index in [0.717, 1.165) is 38.3 Å². The molecule has 0 radical (unpaired) electrons. The van der Waals surface area contributed by atoms with E-state index in [-0.39, 0.29) is 6.03 Å². The number of methoxy groups -OCH3 is 1. The highest BCUT2D eigenvalue weighted by Gasteiger charge is 2.21. The summed E-state index contributed by atoms with van der Waals surface area (Å²) < 4.78 is 5.20. The quantitative estimate of drug-likeness (QED) is 0.898. The molecule has 0 spiro atoms. The molecule has 1 aliphatic heterocycles. The average Bonchev–Trinajstić information content (AvgIpc) is 2.69. The first-order chi connectivity index (χ1) is 12.7. The van der Waals surface area contributed by atoms with Crippen molar-refractivity contribution < 1.29 is 9.53 Å². The molecule has 1 aliphatic rings. The van der Waals surface area contributed by atoms with Crippen molar-refractivity contribution in [2.24, 2.45) is 0 Å². The molecule has 0 bridgehead atoms. The van der Waals surface area contributed by atoms with Gasteiger partial charge >= 0.3 is 6.03 Å². The Morgan fingerprint density at radius 1 is 1.04 bits per heavy atom. The fraction of sp³-hybridized carbons (Fsp3) is 0.381. The second kappa shape index (κ2) is 8.61. The third-order valence-corrected chi connectivity index (χ3v) is 4.94. The number of aryl methyl sites for hydroxylation is 1. The molecule has 5 nitrogen and oxygen atoms in total. The molecule has 0 aliphatic carbocycles. The standard InChI is InChI=1S/C21H27N3O2/c1-17-5-3-4-6-18(17)11-12-22-21(25)24-15-13-23(14-16-24)19-7-9-20(26-2)10-8-19/h3-10H,11-16H2,1-2H3,(H,22,25). The Balaban J connectivity index is 1.43. The molecular weight excluding hydrogens is 326 g/mol. The van der Waals surface area contributed by atoms with Gasteiger partial charge in [0.15, 0.2) is 0 Å². The van der Waals surface area contributed by atoms with E-state index in [1.807, 2.05) is 29.2 Å². The van der Waals surface area contributed by atoms with Crippen LogP contribution in [-0.4, -0.2) is 50.8 Å². The zero-order valence-corrected chi connectivity index (χ0v) is 15.6. The number of hydrogen-bond acceptors (Lipinski definition) is 3. The zero-order chi connectivity index (χ0) is 18.4. The number of nitrogens with one attached hydrogen (secondary N) is 1. The second-order valence-corrected chi connectivity index (χ2v) is 6.58. The summed E-state index contributed by atoms with van der Waals surface area (Å²) in [5.41, 5.74) is 3.73. The van der Waals surface area contributed by atoms with E-state index >= 15 is 0 Å². The molecular formula is C21H27N3O2. The summed E-state index contributed by atoms with van der Waals surface area (Å²) in [7, 11) is 1.67. The number of rotatable bonds is 5. The fourth-order valence-corrected chi connectivity index (χ4v) is 3.27. The average molecular weight is 353 g/mol. The number of hydrogen-bond donors (Lipinski definition) is 1. The molecule has 0 atom stereocenters. The lowest BCUT2D eigenvalue weighted by molar-refractivity contribution is 0.194. The second-order valence-electron chi connectivity index (χ2n) is 6.58. The number of carbonyl (C=O) groups is 1. The number of piperazine rings is 1. The summed E-state index contributed by atoms with van der Waals surface area (Å²) in [5.74, 6) is 0.861. The molecule has 0 aromatic heterocycles. The summed E-state index contributed by atoms with van der Waals surface area (Å²) in [4.78, 5) is 16.6. The Labute approximate surface area is 155 Å². The Morgan fingerprint density at radius 2 is 1.73 bits per heavy atom. The van der Waals surface area contributed by atoms with Gasteiger partial charge < -0.3 is 19.9 Å². The van der Waals surface area contributed by atoms with Crippen molar-refractivity contribution in [1.82, 2.24) is 10.2 Å². The van der Waals surface area contributed by atoms with E-state index in [1.165, 1.54) is 16.8 Å². The molecule has 2 aromatic rings. The highest BCUT2D eigenvalue weighted by Crippen LogP contribution is 2.20. The lowest BCUT2D eigenvalue weighted by atomic mass is 10.1. The summed E-state index contributed by atoms with van der Waals surface area (Å²) in [6.45, 7) is 5.94. The van der Waals surface area contributed by atoms with E-state index in [2.05, 4.69) is 41.4 Å². The number of anilines is 1. The van der Waals surface area contributed by atoms with Crippen LogP contribution in [0.15, 0.2) is 48.5 Å². The highest BCUT2D eigenvalue weighted by atomic mass is 16.5. The third-order valence-electron chi connectivity index (χ3n) is 4.94. The number of amides is 2. The molecule has 1 fully saturated rings. The summed E-state index contributed by atoms with van der Waals surface area (Å²) >= 11 is 0. The molecule has 5 heteroatoms. The van der Waals surface area contributed by atoms with Gasteiger partial charge in [-0.2, -0.15) is 0 Å². The SMILES string of the molecule is COc1ccc(N2CCN(C(=O)NCCc3ccccc3C)CC2)cc1. The number of carbonyl (C=O) groups excluding carboxylic acids is 1. The van der Waals surface area contributed by atoms with Gasteiger partial charge in [0.05, 0.1) is 7.11 Å². The predicted molar refractivity (Wildman–Crippen MR) is 105 cm³/mol. The maximum absolute atomic E-state index is 12.4. The highest BCUT2D eigenvalue weighted by molar-refractivity contribution is 5.74. The first-order valence-electron chi connectivity index (χ1n) is 9.13. The van der Waals surface area contributed by atoms with Crippen molar-refractivity contribution >= 4 is 11.7 Å². The van der Waals surface area contributed by atoms with Crippen molar-refractivity contribution in [3.05, 3.63) is 59.7 Å². The first kappa shape index (κ1) is 18.1. The van der Waals surface area contributed by atoms with Gasteiger partial charge in [-0.15, -0.1) is 0 Å². The van der Waals surface area contributed by atoms with E-state index < -0.39 is 0 Å². The van der Waals surface area contributed by atoms with Crippen molar-refractivity contribution in [3.63, 3.8) is 0 Å². The van der Waals surface area contributed by atoms with Crippen LogP contribution >= 0.6 is 0 Å². The molecule has 2 amide bonds. The van der Waals surface area contributed by atoms with Crippen molar-refractivity contribution in [1.29, 1.82) is 0 Å². The number of benzene rings is 2. The van der Waals surface area contributed by atoms with Gasteiger partial charge in [0.25, 0.3) is 0 Å². The number of nitrogens with zero attached hydrogens (tertiary/aromatic N) is 2. The third kappa shape index (κ3) is 4.48. The molecule has 3 rings (SSSR count). The van der Waals surface area contributed by atoms with Crippen LogP contribution in [0.25, 0.3) is 0 Å². The Kier molecular flexibility index (Phi) is 6.00. The van der Waals surface area contributed by atoms with Gasteiger partial charge in [-0.3, -0.25) is 0 Å². The Morgan fingerprint density at radius 3 is 2.38 bits per heavy atom. The van der Waals surface area contributed by atoms with Crippen LogP contribution < -0.4 is 15.0 Å². The minimum Gasteiger partial charge on any atom is -0.497 e. The zero-order valence-electron chi connectivity index (χ0n) is 15.6. The van der Waals surface area contributed by atoms with Gasteiger partial charge in [-0.05, 0) is 48.7 Å². The smallest absolute Gasteiger partial charge is 0.317 e. The molecule has 1 saturated heterocycles. The van der Waals surface area contributed by atoms with E-state index in [1.54, 1.807) is 7.11 Å². The molecule has 0 saturated carbocycles. The maximum atomic E-state index is 12.4. The molecule has 2 aromatic carbocycles. The summed E-state index contributed by atoms with van der Waals surface area (Å²) in [6, 6.07) is 16.4. The van der Waals surface area contributed by atoms with Gasteiger partial charge in [0.1, 0.15) is 5.75 Å². The van der Waals surface area contributed by atoms with E-state index in [9.17, 15) is 4.79 Å². The van der Waals surface area contributed by atoms with Crippen molar-refractivity contribution in [2.45, 2.75) is 13.3 Å². The van der Waals surface area contributed by atoms with Crippen LogP contribution in [0.4, 0.5) is 10.5 Å². The topological polar surface area (TPSA) is 44.8 Å². The van der Waals surface area contributed by atoms with Crippen LogP contribution in [0, 0.1) is 6.92 Å². The van der Waals surface area contributed by atoms with Gasteiger partial charge in [-0.25, -0.2) is 4.79 Å². The molecule has 0 unspecified atom stereocenters. The Bertz CT molecular complexity index is 722. The molecule has 1 heterocycles. The monoisotopic (exact) mass is 353 g/mol. The minimum atomic E-state index is 0.0352. The normalized spacial score (nSPS) is 14.2. The van der Waals surface area contributed by atoms with Crippen molar-refractivity contribution in [3.8, 4) is 5.75 Å². The largest absolute Gasteiger partial charge is 0.497 e. The van der Waals surface area contributed by atoms with Gasteiger partial charge in [-0.1, -0.05) is 24.3 Å². The fourth-order valence-electron chi connectivity index (χ4n) is 3.27. The summed E-state index contributed by atoms with van der Waals surface area (Å²) in [5, 5.41) is 3.05. The van der Waals surface area contributed by atoms with Crippen LogP contribution in [-0.2, 0) is 6.42 Å². The molecule has 138 valence electrons. The number of urea groups is 1. The summed E-state index contributed by atoms with van der Waals surface area (Å²) in [6.07, 6.45) is 0.865. The predicted octanol–water partition coefficient (Wildman–Crippen LogP) is 3.08. The lowest BCUT2D eigenvalue weighted by Gasteiger charge is -2.36. The first-order valence-corrected chi connectivity index (χ1v) is 9.13. The van der Waals surface area contributed by atoms with E-state index in [4.69, 9.17) is 4.74 Å². The van der Waals surface area contributed by atoms with Gasteiger partial charge in [0.2, 0.25) is 0 Å². The minimum absolute atomic E-state index is 0.0352. The maximum Gasteiger partial charge on any atom is 0.317 e. The van der Waals surface area contributed by atoms with Crippen LogP contribution in [0.3, 0.4) is 0 Å². The van der Waals surface area contributed by atoms with Crippen LogP contribution in [0.2, 0.25) is 0 Å². The van der Waals surface area contributed by atoms with Crippen LogP contribution in [0.5, 0.6) is 5.75 Å². The number of ether oxygens (including phenoxy) is 1. The Hall–Kier alpha value is -2.69. The van der Waals surface area contributed by atoms with E-state index in [0.29, 0.717) is 6.54 Å². The van der Waals surface area contributed by atoms with Crippen molar-refractivity contribution in [2.75, 3.05) is 44.7 Å². The van der Waals surface area contributed by atoms with Crippen LogP contribution in [0.1, 0.15) is 11.1 Å². The molecule has 26 heavy (non-hydrogen) atoms.